The van der Waals surface area contributed by atoms with Crippen molar-refractivity contribution in [2.45, 2.75) is 18.9 Å². The molecule has 4 heteroatoms. The summed E-state index contributed by atoms with van der Waals surface area (Å²) in [6, 6.07) is 7.18. The van der Waals surface area contributed by atoms with E-state index in [2.05, 4.69) is 4.90 Å². The molecule has 2 rings (SSSR count). The van der Waals surface area contributed by atoms with Crippen LogP contribution < -0.4 is 0 Å². The van der Waals surface area contributed by atoms with Gasteiger partial charge in [0.05, 0.1) is 6.42 Å². The molecule has 1 aliphatic heterocycles. The first kappa shape index (κ1) is 11.9. The summed E-state index contributed by atoms with van der Waals surface area (Å²) in [6.07, 6.45) is 1.02. The molecular formula is C13H17NO3. The van der Waals surface area contributed by atoms with Crippen LogP contribution in [-0.4, -0.2) is 34.7 Å². The van der Waals surface area contributed by atoms with E-state index in [1.165, 1.54) is 0 Å². The van der Waals surface area contributed by atoms with Crippen molar-refractivity contribution in [3.05, 3.63) is 29.8 Å². The van der Waals surface area contributed by atoms with Gasteiger partial charge in [-0.25, -0.2) is 0 Å². The summed E-state index contributed by atoms with van der Waals surface area (Å²) in [4.78, 5) is 13.0. The van der Waals surface area contributed by atoms with Gasteiger partial charge in [0.1, 0.15) is 5.75 Å². The number of aliphatic carboxylic acids is 1. The number of carboxylic acid groups (broad SMARTS) is 1. The predicted molar refractivity (Wildman–Crippen MR) is 63.8 cm³/mol. The third kappa shape index (κ3) is 2.42. The zero-order valence-corrected chi connectivity index (χ0v) is 9.84. The quantitative estimate of drug-likeness (QED) is 0.839. The number of hydrogen-bond donors (Lipinski definition) is 2. The first-order chi connectivity index (χ1) is 8.09. The number of nitrogens with zero attached hydrogens (tertiary/aromatic N) is 1. The maximum Gasteiger partial charge on any atom is 0.303 e. The van der Waals surface area contributed by atoms with Crippen LogP contribution in [0.4, 0.5) is 0 Å². The van der Waals surface area contributed by atoms with E-state index >= 15 is 0 Å². The summed E-state index contributed by atoms with van der Waals surface area (Å²) in [5, 5.41) is 18.8. The molecule has 0 aliphatic carbocycles. The summed E-state index contributed by atoms with van der Waals surface area (Å²) >= 11 is 0. The molecule has 0 amide bonds. The Kier molecular flexibility index (Phi) is 3.33. The lowest BCUT2D eigenvalue weighted by Crippen LogP contribution is -2.22. The number of para-hydroxylation sites is 1. The topological polar surface area (TPSA) is 60.8 Å². The number of rotatable bonds is 3. The average molecular weight is 235 g/mol. The van der Waals surface area contributed by atoms with Gasteiger partial charge in [0.15, 0.2) is 0 Å². The van der Waals surface area contributed by atoms with Gasteiger partial charge in [0.25, 0.3) is 0 Å². The highest BCUT2D eigenvalue weighted by molar-refractivity contribution is 5.67. The summed E-state index contributed by atoms with van der Waals surface area (Å²) in [5.41, 5.74) is 0.832. The number of carbonyl (C=O) groups is 1. The van der Waals surface area contributed by atoms with Crippen LogP contribution in [0.5, 0.6) is 5.75 Å². The van der Waals surface area contributed by atoms with E-state index in [1.54, 1.807) is 12.1 Å². The molecule has 1 aliphatic rings. The van der Waals surface area contributed by atoms with E-state index in [9.17, 15) is 9.90 Å². The fraction of sp³-hybridized carbons (Fsp3) is 0.462. The Hall–Kier alpha value is -1.55. The van der Waals surface area contributed by atoms with Crippen LogP contribution in [0.3, 0.4) is 0 Å². The van der Waals surface area contributed by atoms with Crippen molar-refractivity contribution in [1.82, 2.24) is 4.90 Å². The third-order valence-corrected chi connectivity index (χ3v) is 3.47. The predicted octanol–water partition coefficient (Wildman–Crippen LogP) is 1.86. The molecule has 0 radical (unpaired) electrons. The number of likely N-dealkylation sites (tertiary alicyclic amines) is 1. The lowest BCUT2D eigenvalue weighted by molar-refractivity contribution is -0.138. The van der Waals surface area contributed by atoms with E-state index in [-0.39, 0.29) is 24.1 Å². The van der Waals surface area contributed by atoms with Gasteiger partial charge in [-0.05, 0) is 32.0 Å². The van der Waals surface area contributed by atoms with Crippen molar-refractivity contribution in [1.29, 1.82) is 0 Å². The summed E-state index contributed by atoms with van der Waals surface area (Å²) < 4.78 is 0. The van der Waals surface area contributed by atoms with Crippen molar-refractivity contribution in [2.24, 2.45) is 5.92 Å². The van der Waals surface area contributed by atoms with Crippen LogP contribution in [0.2, 0.25) is 0 Å². The van der Waals surface area contributed by atoms with Gasteiger partial charge in [0, 0.05) is 11.6 Å². The Labute approximate surface area is 100 Å². The van der Waals surface area contributed by atoms with Gasteiger partial charge in [-0.2, -0.15) is 0 Å². The molecule has 4 nitrogen and oxygen atoms in total. The molecule has 0 bridgehead atoms. The van der Waals surface area contributed by atoms with Crippen molar-refractivity contribution in [2.75, 3.05) is 13.6 Å². The molecule has 1 aromatic carbocycles. The van der Waals surface area contributed by atoms with Gasteiger partial charge in [0.2, 0.25) is 0 Å². The van der Waals surface area contributed by atoms with Crippen molar-refractivity contribution < 1.29 is 15.0 Å². The van der Waals surface area contributed by atoms with Gasteiger partial charge in [-0.15, -0.1) is 0 Å². The average Bonchev–Trinajstić information content (AvgIpc) is 2.60. The van der Waals surface area contributed by atoms with Crippen LogP contribution in [-0.2, 0) is 4.79 Å². The molecule has 1 heterocycles. The van der Waals surface area contributed by atoms with Crippen LogP contribution >= 0.6 is 0 Å². The van der Waals surface area contributed by atoms with E-state index in [0.29, 0.717) is 0 Å². The van der Waals surface area contributed by atoms with E-state index in [0.717, 1.165) is 18.5 Å². The van der Waals surface area contributed by atoms with Crippen LogP contribution in [0, 0.1) is 5.92 Å². The van der Waals surface area contributed by atoms with Crippen molar-refractivity contribution in [3.8, 4) is 5.75 Å². The van der Waals surface area contributed by atoms with Crippen LogP contribution in [0.15, 0.2) is 24.3 Å². The first-order valence-electron chi connectivity index (χ1n) is 5.79. The standard InChI is InChI=1S/C13H17NO3/c1-14-7-6-9(8-12(16)17)13(14)10-4-2-3-5-11(10)15/h2-5,9,13,15H,6-8H2,1H3,(H,16,17). The van der Waals surface area contributed by atoms with E-state index < -0.39 is 5.97 Å². The van der Waals surface area contributed by atoms with Gasteiger partial charge in [-0.1, -0.05) is 18.2 Å². The fourth-order valence-corrected chi connectivity index (χ4v) is 2.69. The zero-order chi connectivity index (χ0) is 12.4. The lowest BCUT2D eigenvalue weighted by Gasteiger charge is -2.25. The molecule has 0 aromatic heterocycles. The molecule has 1 saturated heterocycles. The van der Waals surface area contributed by atoms with Gasteiger partial charge in [-0.3, -0.25) is 9.69 Å². The molecule has 0 saturated carbocycles. The summed E-state index contributed by atoms with van der Waals surface area (Å²) in [7, 11) is 1.97. The number of benzene rings is 1. The smallest absolute Gasteiger partial charge is 0.303 e. The number of phenols is 1. The van der Waals surface area contributed by atoms with Gasteiger partial charge >= 0.3 is 5.97 Å². The fourth-order valence-electron chi connectivity index (χ4n) is 2.69. The molecule has 1 fully saturated rings. The molecular weight excluding hydrogens is 218 g/mol. The molecule has 2 N–H and O–H groups in total. The van der Waals surface area contributed by atoms with Crippen molar-refractivity contribution in [3.63, 3.8) is 0 Å². The number of carboxylic acids is 1. The highest BCUT2D eigenvalue weighted by atomic mass is 16.4. The van der Waals surface area contributed by atoms with Crippen molar-refractivity contribution >= 4 is 5.97 Å². The number of hydrogen-bond acceptors (Lipinski definition) is 3. The maximum atomic E-state index is 10.8. The summed E-state index contributed by atoms with van der Waals surface area (Å²) in [6.45, 7) is 0.872. The summed E-state index contributed by atoms with van der Waals surface area (Å²) in [5.74, 6) is -0.446. The second-order valence-electron chi connectivity index (χ2n) is 4.63. The lowest BCUT2D eigenvalue weighted by atomic mass is 9.90. The highest BCUT2D eigenvalue weighted by Crippen LogP contribution is 2.41. The Bertz CT molecular complexity index is 419. The minimum Gasteiger partial charge on any atom is -0.508 e. The molecule has 92 valence electrons. The number of aromatic hydroxyl groups is 1. The first-order valence-corrected chi connectivity index (χ1v) is 5.79. The molecule has 2 atom stereocenters. The SMILES string of the molecule is CN1CCC(CC(=O)O)C1c1ccccc1O. The minimum absolute atomic E-state index is 0.00676. The zero-order valence-electron chi connectivity index (χ0n) is 9.84. The third-order valence-electron chi connectivity index (χ3n) is 3.47. The highest BCUT2D eigenvalue weighted by Gasteiger charge is 2.35. The monoisotopic (exact) mass is 235 g/mol. The molecule has 17 heavy (non-hydrogen) atoms. The normalized spacial score (nSPS) is 25.0. The Balaban J connectivity index is 2.27. The van der Waals surface area contributed by atoms with Crippen LogP contribution in [0.25, 0.3) is 0 Å². The van der Waals surface area contributed by atoms with Crippen LogP contribution in [0.1, 0.15) is 24.4 Å². The molecule has 2 unspecified atom stereocenters. The second kappa shape index (κ2) is 4.75. The Morgan fingerprint density at radius 3 is 2.82 bits per heavy atom. The molecule has 0 spiro atoms. The largest absolute Gasteiger partial charge is 0.508 e. The number of phenolic OH excluding ortho intramolecular Hbond substituents is 1. The van der Waals surface area contributed by atoms with E-state index in [4.69, 9.17) is 5.11 Å². The Morgan fingerprint density at radius 1 is 1.47 bits per heavy atom. The molecule has 1 aromatic rings. The Morgan fingerprint density at radius 2 is 2.18 bits per heavy atom. The maximum absolute atomic E-state index is 10.8. The van der Waals surface area contributed by atoms with Gasteiger partial charge < -0.3 is 10.2 Å². The minimum atomic E-state index is -0.772. The second-order valence-corrected chi connectivity index (χ2v) is 4.63. The van der Waals surface area contributed by atoms with E-state index in [1.807, 2.05) is 19.2 Å².